The van der Waals surface area contributed by atoms with Crippen molar-refractivity contribution in [3.05, 3.63) is 65.7 Å². The number of halogens is 1. The summed E-state index contributed by atoms with van der Waals surface area (Å²) in [4.78, 5) is 29.1. The number of thioether (sulfide) groups is 1. The highest BCUT2D eigenvalue weighted by atomic mass is 32.2. The quantitative estimate of drug-likeness (QED) is 0.421. The van der Waals surface area contributed by atoms with Crippen LogP contribution in [0.4, 0.5) is 10.1 Å². The van der Waals surface area contributed by atoms with E-state index in [4.69, 9.17) is 0 Å². The van der Waals surface area contributed by atoms with Crippen LogP contribution in [-0.4, -0.2) is 69.3 Å². The lowest BCUT2D eigenvalue weighted by molar-refractivity contribution is -0.113. The minimum absolute atomic E-state index is 0.0539. The molecule has 0 spiro atoms. The number of benzene rings is 2. The molecule has 0 aliphatic carbocycles. The van der Waals surface area contributed by atoms with Gasteiger partial charge in [0.05, 0.1) is 11.8 Å². The standard InChI is InChI=1S/C25H31FN6O2S/c1-6-31(7-2)24(34)18-9-8-10-20(15-18)27-22(33)16-35-25-29-28-23(17(3)30(4)5)32(25)21-13-11-19(26)12-14-21/h8-15,17H,6-7,16H2,1-5H3,(H,27,33). The van der Waals surface area contributed by atoms with E-state index >= 15 is 0 Å². The predicted molar refractivity (Wildman–Crippen MR) is 136 cm³/mol. The first-order chi connectivity index (χ1) is 16.7. The summed E-state index contributed by atoms with van der Waals surface area (Å²) >= 11 is 1.24. The number of carbonyl (C=O) groups excluding carboxylic acids is 2. The number of hydrogen-bond acceptors (Lipinski definition) is 6. The highest BCUT2D eigenvalue weighted by Crippen LogP contribution is 2.27. The summed E-state index contributed by atoms with van der Waals surface area (Å²) in [7, 11) is 3.88. The van der Waals surface area contributed by atoms with Gasteiger partial charge in [-0.2, -0.15) is 0 Å². The zero-order chi connectivity index (χ0) is 25.5. The highest BCUT2D eigenvalue weighted by Gasteiger charge is 2.22. The second-order valence-electron chi connectivity index (χ2n) is 8.19. The van der Waals surface area contributed by atoms with Crippen molar-refractivity contribution in [3.8, 4) is 5.69 Å². The molecule has 0 bridgehead atoms. The average molecular weight is 499 g/mol. The number of carbonyl (C=O) groups is 2. The smallest absolute Gasteiger partial charge is 0.253 e. The van der Waals surface area contributed by atoms with Gasteiger partial charge < -0.3 is 10.2 Å². The zero-order valence-corrected chi connectivity index (χ0v) is 21.5. The Balaban J connectivity index is 1.75. The summed E-state index contributed by atoms with van der Waals surface area (Å²) < 4.78 is 15.3. The fourth-order valence-electron chi connectivity index (χ4n) is 3.46. The zero-order valence-electron chi connectivity index (χ0n) is 20.7. The van der Waals surface area contributed by atoms with E-state index in [0.717, 1.165) is 0 Å². The number of aromatic nitrogens is 3. The molecule has 0 aliphatic heterocycles. The topological polar surface area (TPSA) is 83.4 Å². The van der Waals surface area contributed by atoms with Crippen LogP contribution < -0.4 is 5.32 Å². The van der Waals surface area contributed by atoms with Crippen molar-refractivity contribution in [3.63, 3.8) is 0 Å². The van der Waals surface area contributed by atoms with Crippen LogP contribution in [0.15, 0.2) is 53.7 Å². The molecular formula is C25H31FN6O2S. The van der Waals surface area contributed by atoms with E-state index in [0.29, 0.717) is 41.0 Å². The Morgan fingerprint density at radius 1 is 1.09 bits per heavy atom. The Kier molecular flexibility index (Phi) is 9.00. The lowest BCUT2D eigenvalue weighted by atomic mass is 10.1. The van der Waals surface area contributed by atoms with Crippen molar-refractivity contribution in [2.75, 3.05) is 38.3 Å². The van der Waals surface area contributed by atoms with Crippen molar-refractivity contribution in [1.82, 2.24) is 24.6 Å². The first-order valence-electron chi connectivity index (χ1n) is 11.4. The molecule has 1 atom stereocenters. The summed E-state index contributed by atoms with van der Waals surface area (Å²) in [5, 5.41) is 12.0. The molecule has 186 valence electrons. The Hall–Kier alpha value is -3.24. The molecule has 10 heteroatoms. The van der Waals surface area contributed by atoms with E-state index in [2.05, 4.69) is 15.5 Å². The van der Waals surface area contributed by atoms with Crippen LogP contribution in [0.5, 0.6) is 0 Å². The van der Waals surface area contributed by atoms with Gasteiger partial charge in [-0.05, 0) is 77.3 Å². The van der Waals surface area contributed by atoms with Gasteiger partial charge in [-0.25, -0.2) is 4.39 Å². The van der Waals surface area contributed by atoms with E-state index in [1.165, 1.54) is 23.9 Å². The molecular weight excluding hydrogens is 467 g/mol. The Bertz CT molecular complexity index is 1160. The minimum Gasteiger partial charge on any atom is -0.339 e. The van der Waals surface area contributed by atoms with Gasteiger partial charge in [-0.15, -0.1) is 10.2 Å². The number of hydrogen-bond donors (Lipinski definition) is 1. The maximum absolute atomic E-state index is 13.5. The third-order valence-corrected chi connectivity index (χ3v) is 6.60. The lowest BCUT2D eigenvalue weighted by Crippen LogP contribution is -2.30. The number of nitrogens with one attached hydrogen (secondary N) is 1. The SMILES string of the molecule is CCN(CC)C(=O)c1cccc(NC(=O)CSc2nnc(C(C)N(C)C)n2-c2ccc(F)cc2)c1. The van der Waals surface area contributed by atoms with Crippen LogP contribution in [0.1, 0.15) is 43.0 Å². The number of amides is 2. The Morgan fingerprint density at radius 3 is 2.40 bits per heavy atom. The Morgan fingerprint density at radius 2 is 1.77 bits per heavy atom. The molecule has 0 saturated heterocycles. The number of anilines is 1. The van der Waals surface area contributed by atoms with Gasteiger partial charge in [0.1, 0.15) is 5.82 Å². The molecule has 35 heavy (non-hydrogen) atoms. The molecule has 3 rings (SSSR count). The molecule has 2 aromatic carbocycles. The van der Waals surface area contributed by atoms with Crippen LogP contribution in [0.25, 0.3) is 5.69 Å². The second-order valence-corrected chi connectivity index (χ2v) is 9.13. The van der Waals surface area contributed by atoms with Crippen molar-refractivity contribution >= 4 is 29.3 Å². The van der Waals surface area contributed by atoms with Crippen molar-refractivity contribution in [2.24, 2.45) is 0 Å². The second kappa shape index (κ2) is 11.9. The van der Waals surface area contributed by atoms with Crippen LogP contribution >= 0.6 is 11.8 Å². The molecule has 0 fully saturated rings. The monoisotopic (exact) mass is 498 g/mol. The molecule has 1 N–H and O–H groups in total. The van der Waals surface area contributed by atoms with Gasteiger partial charge in [0, 0.05) is 30.0 Å². The van der Waals surface area contributed by atoms with E-state index in [1.807, 2.05) is 44.3 Å². The van der Waals surface area contributed by atoms with E-state index in [1.54, 1.807) is 41.3 Å². The third-order valence-electron chi connectivity index (χ3n) is 5.67. The van der Waals surface area contributed by atoms with E-state index in [9.17, 15) is 14.0 Å². The third kappa shape index (κ3) is 6.46. The first kappa shape index (κ1) is 26.4. The lowest BCUT2D eigenvalue weighted by Gasteiger charge is -2.20. The highest BCUT2D eigenvalue weighted by molar-refractivity contribution is 7.99. The predicted octanol–water partition coefficient (Wildman–Crippen LogP) is 4.24. The van der Waals surface area contributed by atoms with Crippen LogP contribution in [0.2, 0.25) is 0 Å². The van der Waals surface area contributed by atoms with Crippen LogP contribution in [0, 0.1) is 5.82 Å². The van der Waals surface area contributed by atoms with Crippen molar-refractivity contribution < 1.29 is 14.0 Å². The van der Waals surface area contributed by atoms with Gasteiger partial charge in [0.2, 0.25) is 5.91 Å². The largest absolute Gasteiger partial charge is 0.339 e. The molecule has 1 heterocycles. The maximum Gasteiger partial charge on any atom is 0.253 e. The van der Waals surface area contributed by atoms with Gasteiger partial charge in [0.15, 0.2) is 11.0 Å². The summed E-state index contributed by atoms with van der Waals surface area (Å²) in [6, 6.07) is 13.0. The molecule has 0 aliphatic rings. The van der Waals surface area contributed by atoms with Gasteiger partial charge >= 0.3 is 0 Å². The molecule has 2 amide bonds. The number of nitrogens with zero attached hydrogens (tertiary/aromatic N) is 5. The van der Waals surface area contributed by atoms with Gasteiger partial charge in [-0.3, -0.25) is 19.1 Å². The minimum atomic E-state index is -0.334. The molecule has 1 unspecified atom stereocenters. The van der Waals surface area contributed by atoms with E-state index in [-0.39, 0.29) is 29.4 Å². The van der Waals surface area contributed by atoms with E-state index < -0.39 is 0 Å². The molecule has 0 saturated carbocycles. The van der Waals surface area contributed by atoms with Crippen LogP contribution in [0.3, 0.4) is 0 Å². The maximum atomic E-state index is 13.5. The summed E-state index contributed by atoms with van der Waals surface area (Å²) in [6.07, 6.45) is 0. The number of rotatable bonds is 10. The van der Waals surface area contributed by atoms with Crippen molar-refractivity contribution in [2.45, 2.75) is 32.0 Å². The van der Waals surface area contributed by atoms with Crippen molar-refractivity contribution in [1.29, 1.82) is 0 Å². The summed E-state index contributed by atoms with van der Waals surface area (Å²) in [6.45, 7) is 7.09. The molecule has 8 nitrogen and oxygen atoms in total. The molecule has 3 aromatic rings. The average Bonchev–Trinajstić information content (AvgIpc) is 3.27. The van der Waals surface area contributed by atoms with Gasteiger partial charge in [-0.1, -0.05) is 17.8 Å². The molecule has 1 aromatic heterocycles. The normalized spacial score (nSPS) is 12.0. The van der Waals surface area contributed by atoms with Crippen LogP contribution in [-0.2, 0) is 4.79 Å². The molecule has 0 radical (unpaired) electrons. The summed E-state index contributed by atoms with van der Waals surface area (Å²) in [5.41, 5.74) is 1.79. The fraction of sp³-hybridized carbons (Fsp3) is 0.360. The fourth-order valence-corrected chi connectivity index (χ4v) is 4.22. The summed E-state index contributed by atoms with van der Waals surface area (Å²) in [5.74, 6) is 0.129. The Labute approximate surface area is 209 Å². The first-order valence-corrected chi connectivity index (χ1v) is 12.4. The van der Waals surface area contributed by atoms with Gasteiger partial charge in [0.25, 0.3) is 5.91 Å².